The minimum atomic E-state index is -3.89. The predicted octanol–water partition coefficient (Wildman–Crippen LogP) is 1.78. The van der Waals surface area contributed by atoms with Crippen molar-refractivity contribution in [3.63, 3.8) is 0 Å². The van der Waals surface area contributed by atoms with E-state index in [0.29, 0.717) is 4.47 Å². The standard InChI is InChI=1S/C20H25BrN4O5S/c1-13-10-25(14(2)12-26)31(28,29)19-5-4-15(21)8-17(19)30-18(13)11-24(3)20(27)16-9-22-6-7-23-16/h4-9,13-14,18,26H,10-12H2,1-3H3/t13-,14+,18+/m1/s1. The fourth-order valence-electron chi connectivity index (χ4n) is 3.38. The molecule has 0 aliphatic carbocycles. The van der Waals surface area contributed by atoms with Crippen molar-refractivity contribution < 1.29 is 23.1 Å². The maximum Gasteiger partial charge on any atom is 0.273 e. The number of ether oxygens (including phenoxy) is 1. The van der Waals surface area contributed by atoms with Gasteiger partial charge in [0.1, 0.15) is 22.4 Å². The molecule has 0 unspecified atom stereocenters. The molecular formula is C20H25BrN4O5S. The van der Waals surface area contributed by atoms with Crippen LogP contribution in [0, 0.1) is 5.92 Å². The summed E-state index contributed by atoms with van der Waals surface area (Å²) >= 11 is 3.36. The number of sulfonamides is 1. The molecule has 3 atom stereocenters. The molecule has 0 bridgehead atoms. The van der Waals surface area contributed by atoms with Crippen molar-refractivity contribution in [2.24, 2.45) is 5.92 Å². The number of carbonyl (C=O) groups excluding carboxylic acids is 1. The average Bonchev–Trinajstić information content (AvgIpc) is 2.75. The van der Waals surface area contributed by atoms with Crippen molar-refractivity contribution in [2.75, 3.05) is 26.7 Å². The van der Waals surface area contributed by atoms with E-state index in [2.05, 4.69) is 25.9 Å². The second-order valence-electron chi connectivity index (χ2n) is 7.61. The molecule has 1 aliphatic heterocycles. The Bertz CT molecular complexity index is 1040. The van der Waals surface area contributed by atoms with Crippen molar-refractivity contribution >= 4 is 31.9 Å². The van der Waals surface area contributed by atoms with Crippen molar-refractivity contribution in [1.82, 2.24) is 19.2 Å². The van der Waals surface area contributed by atoms with E-state index < -0.39 is 22.2 Å². The zero-order valence-electron chi connectivity index (χ0n) is 17.5. The maximum atomic E-state index is 13.3. The van der Waals surface area contributed by atoms with Gasteiger partial charge in [-0.05, 0) is 25.1 Å². The van der Waals surface area contributed by atoms with Crippen LogP contribution in [0.15, 0.2) is 46.2 Å². The molecule has 1 aromatic heterocycles. The summed E-state index contributed by atoms with van der Waals surface area (Å²) in [7, 11) is -2.25. The smallest absolute Gasteiger partial charge is 0.273 e. The Morgan fingerprint density at radius 1 is 1.42 bits per heavy atom. The molecule has 0 saturated heterocycles. The Balaban J connectivity index is 1.96. The second kappa shape index (κ2) is 9.60. The third-order valence-corrected chi connectivity index (χ3v) is 7.72. The summed E-state index contributed by atoms with van der Waals surface area (Å²) in [6, 6.07) is 4.10. The lowest BCUT2D eigenvalue weighted by Crippen LogP contribution is -2.50. The molecule has 2 heterocycles. The van der Waals surface area contributed by atoms with Crippen molar-refractivity contribution in [1.29, 1.82) is 0 Å². The van der Waals surface area contributed by atoms with Gasteiger partial charge in [0.2, 0.25) is 10.0 Å². The first kappa shape index (κ1) is 23.6. The van der Waals surface area contributed by atoms with Crippen LogP contribution >= 0.6 is 15.9 Å². The van der Waals surface area contributed by atoms with Gasteiger partial charge in [-0.3, -0.25) is 9.78 Å². The van der Waals surface area contributed by atoms with E-state index in [0.717, 1.165) is 0 Å². The fourth-order valence-corrected chi connectivity index (χ4v) is 5.54. The highest BCUT2D eigenvalue weighted by Crippen LogP contribution is 2.35. The van der Waals surface area contributed by atoms with E-state index in [-0.39, 0.29) is 47.9 Å². The quantitative estimate of drug-likeness (QED) is 0.649. The Morgan fingerprint density at radius 3 is 2.81 bits per heavy atom. The first-order valence-electron chi connectivity index (χ1n) is 9.75. The van der Waals surface area contributed by atoms with Gasteiger partial charge < -0.3 is 14.7 Å². The van der Waals surface area contributed by atoms with Gasteiger partial charge in [-0.15, -0.1) is 0 Å². The molecule has 168 valence electrons. The van der Waals surface area contributed by atoms with Crippen LogP contribution in [0.3, 0.4) is 0 Å². The predicted molar refractivity (Wildman–Crippen MR) is 117 cm³/mol. The lowest BCUT2D eigenvalue weighted by atomic mass is 10.0. The Morgan fingerprint density at radius 2 is 2.16 bits per heavy atom. The molecule has 3 rings (SSSR count). The highest BCUT2D eigenvalue weighted by molar-refractivity contribution is 9.10. The molecule has 2 aromatic rings. The van der Waals surface area contributed by atoms with E-state index >= 15 is 0 Å². The number of hydrogen-bond donors (Lipinski definition) is 1. The van der Waals surface area contributed by atoms with Crippen LogP contribution in [-0.2, 0) is 10.0 Å². The SMILES string of the molecule is C[C@@H]1CN([C@@H](C)CO)S(=O)(=O)c2ccc(Br)cc2O[C@H]1CN(C)C(=O)c1cnccn1. The van der Waals surface area contributed by atoms with Crippen LogP contribution in [0.1, 0.15) is 24.3 Å². The van der Waals surface area contributed by atoms with Crippen LogP contribution in [0.25, 0.3) is 0 Å². The molecule has 0 spiro atoms. The summed E-state index contributed by atoms with van der Waals surface area (Å²) < 4.78 is 34.7. The number of aromatic nitrogens is 2. The highest BCUT2D eigenvalue weighted by Gasteiger charge is 2.38. The maximum absolute atomic E-state index is 13.3. The van der Waals surface area contributed by atoms with Gasteiger partial charge in [-0.25, -0.2) is 13.4 Å². The first-order valence-corrected chi connectivity index (χ1v) is 12.0. The van der Waals surface area contributed by atoms with Gasteiger partial charge in [-0.1, -0.05) is 22.9 Å². The minimum absolute atomic E-state index is 0.0239. The van der Waals surface area contributed by atoms with E-state index in [9.17, 15) is 18.3 Å². The van der Waals surface area contributed by atoms with E-state index in [1.54, 1.807) is 26.1 Å². The average molecular weight is 513 g/mol. The van der Waals surface area contributed by atoms with Crippen molar-refractivity contribution in [2.45, 2.75) is 30.9 Å². The molecular weight excluding hydrogens is 488 g/mol. The van der Waals surface area contributed by atoms with Crippen molar-refractivity contribution in [3.05, 3.63) is 47.0 Å². The number of nitrogens with zero attached hydrogens (tertiary/aromatic N) is 4. The number of likely N-dealkylation sites (N-methyl/N-ethyl adjacent to an activating group) is 1. The molecule has 9 nitrogen and oxygen atoms in total. The van der Waals surface area contributed by atoms with Gasteiger partial charge in [0.25, 0.3) is 5.91 Å². The van der Waals surface area contributed by atoms with Crippen LogP contribution in [-0.4, -0.2) is 77.5 Å². The van der Waals surface area contributed by atoms with E-state index in [1.807, 2.05) is 6.92 Å². The Labute approximate surface area is 190 Å². The molecule has 0 saturated carbocycles. The number of carbonyl (C=O) groups is 1. The molecule has 1 aromatic carbocycles. The highest BCUT2D eigenvalue weighted by atomic mass is 79.9. The first-order chi connectivity index (χ1) is 14.6. The van der Waals surface area contributed by atoms with Crippen molar-refractivity contribution in [3.8, 4) is 5.75 Å². The summed E-state index contributed by atoms with van der Waals surface area (Å²) in [5.74, 6) is -0.386. The number of fused-ring (bicyclic) bond motifs is 1. The number of hydrogen-bond acceptors (Lipinski definition) is 7. The van der Waals surface area contributed by atoms with E-state index in [1.165, 1.54) is 33.9 Å². The summed E-state index contributed by atoms with van der Waals surface area (Å²) in [4.78, 5) is 22.2. The number of halogens is 1. The molecule has 1 amide bonds. The molecule has 1 N–H and O–H groups in total. The zero-order valence-corrected chi connectivity index (χ0v) is 19.9. The summed E-state index contributed by atoms with van der Waals surface area (Å²) in [6.07, 6.45) is 3.83. The summed E-state index contributed by atoms with van der Waals surface area (Å²) in [6.45, 7) is 3.56. The Hall–Kier alpha value is -2.08. The zero-order chi connectivity index (χ0) is 22.8. The van der Waals surface area contributed by atoms with Crippen LogP contribution in [0.4, 0.5) is 0 Å². The number of amides is 1. The summed E-state index contributed by atoms with van der Waals surface area (Å²) in [5.41, 5.74) is 0.213. The number of benzene rings is 1. The lowest BCUT2D eigenvalue weighted by Gasteiger charge is -2.37. The summed E-state index contributed by atoms with van der Waals surface area (Å²) in [5, 5.41) is 9.66. The molecule has 1 aliphatic rings. The van der Waals surface area contributed by atoms with Crippen LogP contribution in [0.2, 0.25) is 0 Å². The molecule has 0 fully saturated rings. The number of rotatable bonds is 5. The third-order valence-electron chi connectivity index (χ3n) is 5.21. The fraction of sp³-hybridized carbons (Fsp3) is 0.450. The second-order valence-corrected chi connectivity index (χ2v) is 10.4. The Kier molecular flexibility index (Phi) is 7.30. The monoisotopic (exact) mass is 512 g/mol. The molecule has 31 heavy (non-hydrogen) atoms. The van der Waals surface area contributed by atoms with Gasteiger partial charge in [0, 0.05) is 42.4 Å². The van der Waals surface area contributed by atoms with Gasteiger partial charge in [-0.2, -0.15) is 4.31 Å². The van der Waals surface area contributed by atoms with E-state index in [4.69, 9.17) is 4.74 Å². The molecule has 0 radical (unpaired) electrons. The third kappa shape index (κ3) is 5.05. The van der Waals surface area contributed by atoms with Gasteiger partial charge >= 0.3 is 0 Å². The topological polar surface area (TPSA) is 113 Å². The van der Waals surface area contributed by atoms with Gasteiger partial charge in [0.15, 0.2) is 0 Å². The largest absolute Gasteiger partial charge is 0.487 e. The minimum Gasteiger partial charge on any atom is -0.487 e. The number of aliphatic hydroxyl groups is 1. The van der Waals surface area contributed by atoms with Gasteiger partial charge in [0.05, 0.1) is 19.3 Å². The number of aliphatic hydroxyl groups excluding tert-OH is 1. The van der Waals surface area contributed by atoms with Crippen LogP contribution in [0.5, 0.6) is 5.75 Å². The molecule has 11 heteroatoms. The lowest BCUT2D eigenvalue weighted by molar-refractivity contribution is 0.0559. The van der Waals surface area contributed by atoms with Crippen LogP contribution < -0.4 is 4.74 Å². The normalized spacial score (nSPS) is 21.8.